The molecule has 20 heavy (non-hydrogen) atoms. The van der Waals surface area contributed by atoms with E-state index in [2.05, 4.69) is 21.3 Å². The normalized spacial score (nSPS) is 16.6. The van der Waals surface area contributed by atoms with Gasteiger partial charge in [-0.15, -0.1) is 0 Å². The molecule has 0 radical (unpaired) electrons. The molecule has 1 aromatic heterocycles. The second-order valence-electron chi connectivity index (χ2n) is 4.84. The largest absolute Gasteiger partial charge is 0.353 e. The molecule has 0 aliphatic carbocycles. The Balaban J connectivity index is 1.94. The van der Waals surface area contributed by atoms with Gasteiger partial charge in [-0.25, -0.2) is 4.98 Å². The molecular formula is C14H19N5O. The lowest BCUT2D eigenvalue weighted by Crippen LogP contribution is -2.53. The fourth-order valence-electron chi connectivity index (χ4n) is 2.19. The third-order valence-corrected chi connectivity index (χ3v) is 3.60. The predicted octanol–water partition coefficient (Wildman–Crippen LogP) is 0.210. The summed E-state index contributed by atoms with van der Waals surface area (Å²) in [4.78, 5) is 20.3. The average Bonchev–Trinajstić information content (AvgIpc) is 2.53. The number of amides is 1. The summed E-state index contributed by atoms with van der Waals surface area (Å²) < 4.78 is 0. The lowest BCUT2D eigenvalue weighted by Gasteiger charge is -2.36. The van der Waals surface area contributed by atoms with Gasteiger partial charge in [-0.3, -0.25) is 4.79 Å². The van der Waals surface area contributed by atoms with Gasteiger partial charge in [-0.05, 0) is 26.1 Å². The van der Waals surface area contributed by atoms with Crippen molar-refractivity contribution in [1.82, 2.24) is 15.2 Å². The first-order chi connectivity index (χ1) is 9.65. The van der Waals surface area contributed by atoms with Gasteiger partial charge in [0.05, 0.1) is 11.6 Å². The molecule has 2 heterocycles. The van der Waals surface area contributed by atoms with Crippen molar-refractivity contribution in [2.75, 3.05) is 38.1 Å². The van der Waals surface area contributed by atoms with Crippen LogP contribution in [0.4, 0.5) is 5.82 Å². The van der Waals surface area contributed by atoms with Crippen LogP contribution in [0, 0.1) is 11.3 Å². The minimum Gasteiger partial charge on any atom is -0.353 e. The van der Waals surface area contributed by atoms with Crippen LogP contribution in [0.15, 0.2) is 18.3 Å². The van der Waals surface area contributed by atoms with Gasteiger partial charge in [0.2, 0.25) is 5.91 Å². The molecule has 0 spiro atoms. The summed E-state index contributed by atoms with van der Waals surface area (Å²) in [6.07, 6.45) is 1.58. The Hall–Kier alpha value is -2.13. The number of pyridine rings is 1. The molecule has 0 aromatic carbocycles. The van der Waals surface area contributed by atoms with Crippen LogP contribution in [-0.4, -0.2) is 55.1 Å². The molecule has 1 aromatic rings. The molecule has 6 heteroatoms. The maximum Gasteiger partial charge on any atom is 0.239 e. The summed E-state index contributed by atoms with van der Waals surface area (Å²) in [5, 5.41) is 11.7. The van der Waals surface area contributed by atoms with Crippen LogP contribution in [0.2, 0.25) is 0 Å². The van der Waals surface area contributed by atoms with Crippen molar-refractivity contribution in [3.05, 3.63) is 23.9 Å². The van der Waals surface area contributed by atoms with E-state index in [9.17, 15) is 4.79 Å². The highest BCUT2D eigenvalue weighted by atomic mass is 16.2. The number of carbonyl (C=O) groups is 1. The van der Waals surface area contributed by atoms with E-state index in [0.29, 0.717) is 18.7 Å². The maximum absolute atomic E-state index is 12.0. The number of piperazine rings is 1. The SMILES string of the molecule is CN[C@H](C)C(=O)N1CCN(c2ccc(C#N)cn2)CC1. The van der Waals surface area contributed by atoms with Crippen molar-refractivity contribution >= 4 is 11.7 Å². The molecule has 0 unspecified atom stereocenters. The highest BCUT2D eigenvalue weighted by Crippen LogP contribution is 2.14. The summed E-state index contributed by atoms with van der Waals surface area (Å²) in [7, 11) is 1.79. The van der Waals surface area contributed by atoms with E-state index in [-0.39, 0.29) is 11.9 Å². The number of nitriles is 1. The number of hydrogen-bond donors (Lipinski definition) is 1. The Kier molecular flexibility index (Phi) is 4.53. The highest BCUT2D eigenvalue weighted by molar-refractivity contribution is 5.81. The molecule has 1 atom stereocenters. The van der Waals surface area contributed by atoms with Gasteiger partial charge in [0.25, 0.3) is 0 Å². The molecule has 1 fully saturated rings. The Morgan fingerprint density at radius 1 is 1.40 bits per heavy atom. The van der Waals surface area contributed by atoms with E-state index in [1.54, 1.807) is 19.3 Å². The smallest absolute Gasteiger partial charge is 0.239 e. The van der Waals surface area contributed by atoms with E-state index in [1.807, 2.05) is 17.9 Å². The van der Waals surface area contributed by atoms with Crippen molar-refractivity contribution < 1.29 is 4.79 Å². The second kappa shape index (κ2) is 6.35. The number of hydrogen-bond acceptors (Lipinski definition) is 5. The number of aromatic nitrogens is 1. The molecule has 1 aliphatic heterocycles. The van der Waals surface area contributed by atoms with E-state index >= 15 is 0 Å². The zero-order chi connectivity index (χ0) is 14.5. The highest BCUT2D eigenvalue weighted by Gasteiger charge is 2.24. The quantitative estimate of drug-likeness (QED) is 0.852. The van der Waals surface area contributed by atoms with Crippen LogP contribution in [0.1, 0.15) is 12.5 Å². The summed E-state index contributed by atoms with van der Waals surface area (Å²) >= 11 is 0. The third kappa shape index (κ3) is 3.06. The molecule has 1 N–H and O–H groups in total. The summed E-state index contributed by atoms with van der Waals surface area (Å²) in [6, 6.07) is 5.53. The fourth-order valence-corrected chi connectivity index (χ4v) is 2.19. The number of carbonyl (C=O) groups excluding carboxylic acids is 1. The number of nitrogens with zero attached hydrogens (tertiary/aromatic N) is 4. The van der Waals surface area contributed by atoms with Gasteiger partial charge in [-0.2, -0.15) is 5.26 Å². The number of nitrogens with one attached hydrogen (secondary N) is 1. The van der Waals surface area contributed by atoms with Crippen molar-refractivity contribution in [1.29, 1.82) is 5.26 Å². The fraction of sp³-hybridized carbons (Fsp3) is 0.500. The summed E-state index contributed by atoms with van der Waals surface area (Å²) in [5.74, 6) is 0.998. The van der Waals surface area contributed by atoms with Crippen LogP contribution in [0.3, 0.4) is 0 Å². The van der Waals surface area contributed by atoms with Gasteiger partial charge in [0.1, 0.15) is 11.9 Å². The first-order valence-corrected chi connectivity index (χ1v) is 6.73. The van der Waals surface area contributed by atoms with Crippen molar-refractivity contribution in [3.63, 3.8) is 0 Å². The molecule has 6 nitrogen and oxygen atoms in total. The Labute approximate surface area is 119 Å². The van der Waals surface area contributed by atoms with Crippen LogP contribution in [-0.2, 0) is 4.79 Å². The molecule has 1 saturated heterocycles. The minimum atomic E-state index is -0.144. The van der Waals surface area contributed by atoms with Crippen LogP contribution >= 0.6 is 0 Å². The topological polar surface area (TPSA) is 72.3 Å². The van der Waals surface area contributed by atoms with Crippen molar-refractivity contribution in [2.45, 2.75) is 13.0 Å². The number of anilines is 1. The van der Waals surface area contributed by atoms with Gasteiger partial charge in [-0.1, -0.05) is 0 Å². The molecule has 0 saturated carbocycles. The van der Waals surface area contributed by atoms with Crippen molar-refractivity contribution in [3.8, 4) is 6.07 Å². The minimum absolute atomic E-state index is 0.139. The van der Waals surface area contributed by atoms with Gasteiger partial charge in [0.15, 0.2) is 0 Å². The zero-order valence-corrected chi connectivity index (χ0v) is 11.8. The molecule has 2 rings (SSSR count). The maximum atomic E-state index is 12.0. The predicted molar refractivity (Wildman–Crippen MR) is 76.3 cm³/mol. The first kappa shape index (κ1) is 14.3. The first-order valence-electron chi connectivity index (χ1n) is 6.73. The van der Waals surface area contributed by atoms with Crippen LogP contribution in [0.5, 0.6) is 0 Å². The number of likely N-dealkylation sites (N-methyl/N-ethyl adjacent to an activating group) is 1. The van der Waals surface area contributed by atoms with Crippen molar-refractivity contribution in [2.24, 2.45) is 0 Å². The van der Waals surface area contributed by atoms with Gasteiger partial charge < -0.3 is 15.1 Å². The molecule has 0 bridgehead atoms. The van der Waals surface area contributed by atoms with E-state index in [4.69, 9.17) is 5.26 Å². The molecular weight excluding hydrogens is 254 g/mol. The van der Waals surface area contributed by atoms with E-state index < -0.39 is 0 Å². The van der Waals surface area contributed by atoms with Gasteiger partial charge in [0, 0.05) is 32.4 Å². The summed E-state index contributed by atoms with van der Waals surface area (Å²) in [5.41, 5.74) is 0.561. The Morgan fingerprint density at radius 2 is 2.10 bits per heavy atom. The lowest BCUT2D eigenvalue weighted by atomic mass is 10.2. The third-order valence-electron chi connectivity index (χ3n) is 3.60. The Bertz CT molecular complexity index is 499. The van der Waals surface area contributed by atoms with Crippen LogP contribution in [0.25, 0.3) is 0 Å². The number of rotatable bonds is 3. The molecule has 1 aliphatic rings. The standard InChI is InChI=1S/C14H19N5O/c1-11(16-2)14(20)19-7-5-18(6-8-19)13-4-3-12(9-15)10-17-13/h3-4,10-11,16H,5-8H2,1-2H3/t11-/m1/s1. The molecule has 106 valence electrons. The second-order valence-corrected chi connectivity index (χ2v) is 4.84. The summed E-state index contributed by atoms with van der Waals surface area (Å²) in [6.45, 7) is 4.80. The van der Waals surface area contributed by atoms with Gasteiger partial charge >= 0.3 is 0 Å². The molecule has 1 amide bonds. The van der Waals surface area contributed by atoms with E-state index in [1.165, 1.54) is 0 Å². The van der Waals surface area contributed by atoms with E-state index in [0.717, 1.165) is 18.9 Å². The lowest BCUT2D eigenvalue weighted by molar-refractivity contribution is -0.133. The monoisotopic (exact) mass is 273 g/mol. The Morgan fingerprint density at radius 3 is 2.60 bits per heavy atom. The zero-order valence-electron chi connectivity index (χ0n) is 11.8. The van der Waals surface area contributed by atoms with Crippen LogP contribution < -0.4 is 10.2 Å². The average molecular weight is 273 g/mol.